The van der Waals surface area contributed by atoms with Crippen LogP contribution in [0.3, 0.4) is 0 Å². The van der Waals surface area contributed by atoms with Crippen molar-refractivity contribution in [1.29, 1.82) is 0 Å². The fourth-order valence-corrected chi connectivity index (χ4v) is 4.39. The highest BCUT2D eigenvalue weighted by Gasteiger charge is 2.25. The van der Waals surface area contributed by atoms with E-state index in [1.54, 1.807) is 37.4 Å². The molecule has 0 aliphatic rings. The van der Waals surface area contributed by atoms with Crippen LogP contribution in [0, 0.1) is 13.8 Å². The lowest BCUT2D eigenvalue weighted by Crippen LogP contribution is -2.20. The Kier molecular flexibility index (Phi) is 8.05. The molecular weight excluding hydrogens is 492 g/mol. The topological polar surface area (TPSA) is 71.1 Å². The van der Waals surface area contributed by atoms with Crippen LogP contribution in [0.5, 0.6) is 23.0 Å². The minimum Gasteiger partial charge on any atom is -0.496 e. The maximum atomic E-state index is 12.5. The minimum atomic E-state index is -0.811. The van der Waals surface area contributed by atoms with Gasteiger partial charge in [0.1, 0.15) is 23.0 Å². The first-order chi connectivity index (χ1) is 18.6. The molecule has 6 heteroatoms. The lowest BCUT2D eigenvalue weighted by atomic mass is 9.77. The molecule has 0 atom stereocenters. The summed E-state index contributed by atoms with van der Waals surface area (Å²) >= 11 is 0. The Hall–Kier alpha value is -4.58. The number of benzene rings is 4. The Balaban J connectivity index is 1.41. The van der Waals surface area contributed by atoms with E-state index in [1.165, 1.54) is 6.92 Å². The predicted molar refractivity (Wildman–Crippen MR) is 151 cm³/mol. The van der Waals surface area contributed by atoms with Crippen LogP contribution in [0.2, 0.25) is 0 Å². The van der Waals surface area contributed by atoms with Crippen LogP contribution in [0.15, 0.2) is 84.9 Å². The van der Waals surface area contributed by atoms with Crippen LogP contribution in [0.1, 0.15) is 43.0 Å². The zero-order chi connectivity index (χ0) is 28.2. The summed E-state index contributed by atoms with van der Waals surface area (Å²) < 4.78 is 21.4. The smallest absolute Gasteiger partial charge is 0.496 e. The summed E-state index contributed by atoms with van der Waals surface area (Å²) in [5.74, 6) is 1.78. The zero-order valence-electron chi connectivity index (χ0n) is 23.0. The summed E-state index contributed by atoms with van der Waals surface area (Å²) in [6, 6.07) is 26.2. The van der Waals surface area contributed by atoms with E-state index >= 15 is 0 Å². The highest BCUT2D eigenvalue weighted by molar-refractivity contribution is 5.71. The molecule has 6 nitrogen and oxygen atoms in total. The quantitative estimate of drug-likeness (QED) is 0.139. The fraction of sp³-hybridized carbons (Fsp3) is 0.212. The number of carbonyl (C=O) groups is 2. The standard InChI is InChI=1S/C33H32O6/c1-21-19-26(11-17-30(21)36-6)33(4,5)27-12-18-31(22(2)20-27)39-32(35)38-29-15-9-25(10-16-29)24-7-13-28(14-8-24)37-23(3)34/h7-20H,1-6H3. The van der Waals surface area contributed by atoms with Crippen molar-refractivity contribution in [2.24, 2.45) is 0 Å². The molecule has 0 unspecified atom stereocenters. The summed E-state index contributed by atoms with van der Waals surface area (Å²) in [6.45, 7) is 9.62. The van der Waals surface area contributed by atoms with Crippen molar-refractivity contribution in [3.05, 3.63) is 107 Å². The second kappa shape index (κ2) is 11.4. The van der Waals surface area contributed by atoms with Gasteiger partial charge in [0, 0.05) is 12.3 Å². The second-order valence-electron chi connectivity index (χ2n) is 9.89. The number of carbonyl (C=O) groups excluding carboxylic acids is 2. The van der Waals surface area contributed by atoms with Crippen molar-refractivity contribution < 1.29 is 28.5 Å². The number of hydrogen-bond donors (Lipinski definition) is 0. The summed E-state index contributed by atoms with van der Waals surface area (Å²) in [4.78, 5) is 23.6. The van der Waals surface area contributed by atoms with Crippen molar-refractivity contribution in [1.82, 2.24) is 0 Å². The summed E-state index contributed by atoms with van der Waals surface area (Å²) in [7, 11) is 1.67. The Labute approximate surface area is 229 Å². The Morgan fingerprint density at radius 2 is 1.08 bits per heavy atom. The average molecular weight is 525 g/mol. The minimum absolute atomic E-state index is 0.261. The van der Waals surface area contributed by atoms with Crippen molar-refractivity contribution in [3.8, 4) is 34.1 Å². The Morgan fingerprint density at radius 3 is 1.51 bits per heavy atom. The highest BCUT2D eigenvalue weighted by Crippen LogP contribution is 2.36. The van der Waals surface area contributed by atoms with E-state index in [0.29, 0.717) is 17.2 Å². The molecule has 0 aliphatic heterocycles. The van der Waals surface area contributed by atoms with Gasteiger partial charge in [-0.25, -0.2) is 4.79 Å². The van der Waals surface area contributed by atoms with Crippen molar-refractivity contribution in [3.63, 3.8) is 0 Å². The van der Waals surface area contributed by atoms with Crippen LogP contribution in [-0.2, 0) is 10.2 Å². The number of hydrogen-bond acceptors (Lipinski definition) is 6. The maximum Gasteiger partial charge on any atom is 0.519 e. The van der Waals surface area contributed by atoms with E-state index in [4.69, 9.17) is 18.9 Å². The van der Waals surface area contributed by atoms with E-state index in [-0.39, 0.29) is 11.4 Å². The van der Waals surface area contributed by atoms with E-state index in [1.807, 2.05) is 56.3 Å². The van der Waals surface area contributed by atoms with Crippen LogP contribution >= 0.6 is 0 Å². The molecule has 4 aromatic rings. The number of methoxy groups -OCH3 is 1. The Morgan fingerprint density at radius 1 is 0.615 bits per heavy atom. The molecule has 0 N–H and O–H groups in total. The molecule has 0 saturated heterocycles. The van der Waals surface area contributed by atoms with Gasteiger partial charge < -0.3 is 18.9 Å². The molecule has 200 valence electrons. The molecule has 0 aliphatic carbocycles. The van der Waals surface area contributed by atoms with Gasteiger partial charge in [-0.05, 0) is 83.6 Å². The lowest BCUT2D eigenvalue weighted by Gasteiger charge is -2.27. The lowest BCUT2D eigenvalue weighted by molar-refractivity contribution is -0.131. The van der Waals surface area contributed by atoms with Crippen LogP contribution in [0.4, 0.5) is 4.79 Å². The molecule has 0 heterocycles. The molecule has 39 heavy (non-hydrogen) atoms. The molecule has 0 bridgehead atoms. The molecule has 4 rings (SSSR count). The van der Waals surface area contributed by atoms with Gasteiger partial charge in [0.2, 0.25) is 0 Å². The predicted octanol–water partition coefficient (Wildman–Crippen LogP) is 7.81. The third kappa shape index (κ3) is 6.47. The van der Waals surface area contributed by atoms with Crippen LogP contribution in [0.25, 0.3) is 11.1 Å². The zero-order valence-corrected chi connectivity index (χ0v) is 23.0. The molecule has 0 spiro atoms. The monoisotopic (exact) mass is 524 g/mol. The van der Waals surface area contributed by atoms with Gasteiger partial charge in [-0.15, -0.1) is 0 Å². The van der Waals surface area contributed by atoms with E-state index in [9.17, 15) is 9.59 Å². The molecule has 0 radical (unpaired) electrons. The fourth-order valence-electron chi connectivity index (χ4n) is 4.39. The van der Waals surface area contributed by atoms with Gasteiger partial charge in [-0.3, -0.25) is 4.79 Å². The third-order valence-corrected chi connectivity index (χ3v) is 6.71. The van der Waals surface area contributed by atoms with Gasteiger partial charge in [0.05, 0.1) is 7.11 Å². The Bertz CT molecular complexity index is 1480. The van der Waals surface area contributed by atoms with Crippen LogP contribution < -0.4 is 18.9 Å². The number of ether oxygens (including phenoxy) is 4. The van der Waals surface area contributed by atoms with Crippen molar-refractivity contribution in [2.45, 2.75) is 40.0 Å². The molecule has 0 aromatic heterocycles. The van der Waals surface area contributed by atoms with E-state index < -0.39 is 6.16 Å². The third-order valence-electron chi connectivity index (χ3n) is 6.71. The SMILES string of the molecule is COc1ccc(C(C)(C)c2ccc(OC(=O)Oc3ccc(-c4ccc(OC(C)=O)cc4)cc3)c(C)c2)cc1C. The van der Waals surface area contributed by atoms with Gasteiger partial charge in [0.15, 0.2) is 0 Å². The maximum absolute atomic E-state index is 12.5. The number of esters is 1. The first-order valence-electron chi connectivity index (χ1n) is 12.6. The van der Waals surface area contributed by atoms with Gasteiger partial charge in [0.25, 0.3) is 0 Å². The van der Waals surface area contributed by atoms with Crippen LogP contribution in [-0.4, -0.2) is 19.2 Å². The first-order valence-corrected chi connectivity index (χ1v) is 12.6. The van der Waals surface area contributed by atoms with E-state index in [0.717, 1.165) is 39.1 Å². The molecule has 0 fully saturated rings. The summed E-state index contributed by atoms with van der Waals surface area (Å²) in [5, 5.41) is 0. The average Bonchev–Trinajstić information content (AvgIpc) is 2.90. The summed E-state index contributed by atoms with van der Waals surface area (Å²) in [6.07, 6.45) is -0.811. The highest BCUT2D eigenvalue weighted by atomic mass is 16.7. The summed E-state index contributed by atoms with van der Waals surface area (Å²) in [5.41, 5.74) is 5.76. The van der Waals surface area contributed by atoms with E-state index in [2.05, 4.69) is 26.0 Å². The van der Waals surface area contributed by atoms with Gasteiger partial charge >= 0.3 is 12.1 Å². The van der Waals surface area contributed by atoms with Crippen molar-refractivity contribution in [2.75, 3.05) is 7.11 Å². The van der Waals surface area contributed by atoms with Gasteiger partial charge in [-0.1, -0.05) is 62.4 Å². The van der Waals surface area contributed by atoms with Crippen molar-refractivity contribution >= 4 is 12.1 Å². The second-order valence-corrected chi connectivity index (χ2v) is 9.89. The molecular formula is C33H32O6. The number of rotatable bonds is 7. The largest absolute Gasteiger partial charge is 0.519 e. The molecule has 0 saturated carbocycles. The molecule has 4 aromatic carbocycles. The first kappa shape index (κ1) is 27.5. The number of aryl methyl sites for hydroxylation is 2. The normalized spacial score (nSPS) is 11.0. The molecule has 0 amide bonds. The van der Waals surface area contributed by atoms with Gasteiger partial charge in [-0.2, -0.15) is 0 Å².